The van der Waals surface area contributed by atoms with Crippen molar-refractivity contribution in [3.63, 3.8) is 0 Å². The van der Waals surface area contributed by atoms with Gasteiger partial charge in [-0.05, 0) is 24.3 Å². The summed E-state index contributed by atoms with van der Waals surface area (Å²) < 4.78 is 39.3. The number of para-hydroxylation sites is 1. The van der Waals surface area contributed by atoms with Gasteiger partial charge in [-0.1, -0.05) is 12.1 Å². The van der Waals surface area contributed by atoms with E-state index in [2.05, 4.69) is 0 Å². The van der Waals surface area contributed by atoms with Crippen molar-refractivity contribution in [3.05, 3.63) is 47.8 Å². The molecule has 2 aromatic carbocycles. The SMILES string of the molecule is COc1cc(C(=O)OCCOc2ccccc2F)cc(OC)c1OC. The molecule has 7 heteroatoms. The van der Waals surface area contributed by atoms with Crippen LogP contribution in [0.4, 0.5) is 4.39 Å². The standard InChI is InChI=1S/C18H19FO6/c1-21-15-10-12(11-16(22-2)17(15)23-3)18(20)25-9-8-24-14-7-5-4-6-13(14)19/h4-7,10-11H,8-9H2,1-3H3. The average Bonchev–Trinajstić information content (AvgIpc) is 2.64. The van der Waals surface area contributed by atoms with Crippen LogP contribution >= 0.6 is 0 Å². The van der Waals surface area contributed by atoms with Crippen molar-refractivity contribution in [2.24, 2.45) is 0 Å². The molecule has 0 N–H and O–H groups in total. The normalized spacial score (nSPS) is 10.1. The van der Waals surface area contributed by atoms with E-state index in [0.717, 1.165) is 0 Å². The first-order valence-electron chi connectivity index (χ1n) is 7.45. The number of halogens is 1. The summed E-state index contributed by atoms with van der Waals surface area (Å²) in [6.45, 7) is -0.0130. The minimum absolute atomic E-state index is 0.0249. The summed E-state index contributed by atoms with van der Waals surface area (Å²) in [5.74, 6) is 0.110. The van der Waals surface area contributed by atoms with Gasteiger partial charge in [0.1, 0.15) is 13.2 Å². The van der Waals surface area contributed by atoms with Crippen LogP contribution in [0, 0.1) is 5.82 Å². The highest BCUT2D eigenvalue weighted by molar-refractivity contribution is 5.91. The zero-order chi connectivity index (χ0) is 18.2. The minimum atomic E-state index is -0.587. The first-order valence-corrected chi connectivity index (χ1v) is 7.45. The Bertz CT molecular complexity index is 706. The fourth-order valence-corrected chi connectivity index (χ4v) is 2.13. The van der Waals surface area contributed by atoms with Gasteiger partial charge in [0, 0.05) is 0 Å². The molecule has 0 saturated carbocycles. The molecule has 2 rings (SSSR count). The Balaban J connectivity index is 1.97. The maximum absolute atomic E-state index is 13.4. The van der Waals surface area contributed by atoms with Crippen molar-refractivity contribution in [2.75, 3.05) is 34.5 Å². The van der Waals surface area contributed by atoms with E-state index in [9.17, 15) is 9.18 Å². The van der Waals surface area contributed by atoms with Crippen molar-refractivity contribution in [1.29, 1.82) is 0 Å². The maximum atomic E-state index is 13.4. The first-order chi connectivity index (χ1) is 12.1. The molecule has 0 radical (unpaired) electrons. The molecule has 0 amide bonds. The lowest BCUT2D eigenvalue weighted by atomic mass is 10.2. The van der Waals surface area contributed by atoms with E-state index in [4.69, 9.17) is 23.7 Å². The van der Waals surface area contributed by atoms with Gasteiger partial charge in [0.2, 0.25) is 5.75 Å². The number of rotatable bonds is 8. The Kier molecular flexibility index (Phi) is 6.45. The molecule has 0 atom stereocenters. The van der Waals surface area contributed by atoms with Crippen LogP contribution < -0.4 is 18.9 Å². The highest BCUT2D eigenvalue weighted by Gasteiger charge is 2.17. The molecular formula is C18H19FO6. The molecular weight excluding hydrogens is 331 g/mol. The number of hydrogen-bond donors (Lipinski definition) is 0. The van der Waals surface area contributed by atoms with E-state index in [0.29, 0.717) is 17.2 Å². The topological polar surface area (TPSA) is 63.2 Å². The molecule has 134 valence electrons. The third-order valence-corrected chi connectivity index (χ3v) is 3.31. The van der Waals surface area contributed by atoms with E-state index < -0.39 is 11.8 Å². The summed E-state index contributed by atoms with van der Waals surface area (Å²) in [6, 6.07) is 8.98. The number of carbonyl (C=O) groups is 1. The van der Waals surface area contributed by atoms with Crippen LogP contribution in [0.1, 0.15) is 10.4 Å². The zero-order valence-electron chi connectivity index (χ0n) is 14.2. The summed E-state index contributed by atoms with van der Waals surface area (Å²) in [6.07, 6.45) is 0. The molecule has 0 bridgehead atoms. The van der Waals surface area contributed by atoms with Crippen LogP contribution in [0.15, 0.2) is 36.4 Å². The van der Waals surface area contributed by atoms with Crippen LogP contribution in [-0.4, -0.2) is 40.5 Å². The van der Waals surface area contributed by atoms with Crippen LogP contribution in [0.2, 0.25) is 0 Å². The van der Waals surface area contributed by atoms with Gasteiger partial charge < -0.3 is 23.7 Å². The summed E-state index contributed by atoms with van der Waals surface area (Å²) in [5, 5.41) is 0. The van der Waals surface area contributed by atoms with Crippen LogP contribution in [-0.2, 0) is 4.74 Å². The van der Waals surface area contributed by atoms with Gasteiger partial charge in [-0.25, -0.2) is 9.18 Å². The van der Waals surface area contributed by atoms with Crippen LogP contribution in [0.3, 0.4) is 0 Å². The van der Waals surface area contributed by atoms with Crippen molar-refractivity contribution in [2.45, 2.75) is 0 Å². The maximum Gasteiger partial charge on any atom is 0.338 e. The lowest BCUT2D eigenvalue weighted by Crippen LogP contribution is -2.13. The van der Waals surface area contributed by atoms with E-state index in [1.165, 1.54) is 45.6 Å². The predicted molar refractivity (Wildman–Crippen MR) is 88.3 cm³/mol. The number of esters is 1. The minimum Gasteiger partial charge on any atom is -0.493 e. The molecule has 0 fully saturated rings. The second kappa shape index (κ2) is 8.77. The monoisotopic (exact) mass is 350 g/mol. The Hall–Kier alpha value is -2.96. The van der Waals surface area contributed by atoms with Gasteiger partial charge in [-0.15, -0.1) is 0 Å². The van der Waals surface area contributed by atoms with E-state index in [1.807, 2.05) is 0 Å². The van der Waals surface area contributed by atoms with Crippen molar-refractivity contribution in [1.82, 2.24) is 0 Å². The predicted octanol–water partition coefficient (Wildman–Crippen LogP) is 3.09. The summed E-state index contributed by atoms with van der Waals surface area (Å²) in [5.41, 5.74) is 0.236. The molecule has 0 aliphatic carbocycles. The number of benzene rings is 2. The highest BCUT2D eigenvalue weighted by atomic mass is 19.1. The second-order valence-corrected chi connectivity index (χ2v) is 4.83. The Morgan fingerprint density at radius 1 is 0.920 bits per heavy atom. The van der Waals surface area contributed by atoms with Gasteiger partial charge in [0.15, 0.2) is 23.1 Å². The van der Waals surface area contributed by atoms with E-state index in [-0.39, 0.29) is 24.5 Å². The third kappa shape index (κ3) is 4.53. The fourth-order valence-electron chi connectivity index (χ4n) is 2.13. The molecule has 2 aromatic rings. The summed E-state index contributed by atoms with van der Waals surface area (Å²) >= 11 is 0. The van der Waals surface area contributed by atoms with Crippen molar-refractivity contribution < 1.29 is 32.9 Å². The Morgan fingerprint density at radius 2 is 1.56 bits per heavy atom. The zero-order valence-corrected chi connectivity index (χ0v) is 14.2. The molecule has 25 heavy (non-hydrogen) atoms. The van der Waals surface area contributed by atoms with E-state index >= 15 is 0 Å². The van der Waals surface area contributed by atoms with Gasteiger partial charge >= 0.3 is 5.97 Å². The first kappa shape index (κ1) is 18.4. The van der Waals surface area contributed by atoms with Crippen LogP contribution in [0.25, 0.3) is 0 Å². The molecule has 0 saturated heterocycles. The number of hydrogen-bond acceptors (Lipinski definition) is 6. The number of ether oxygens (including phenoxy) is 5. The van der Waals surface area contributed by atoms with Crippen LogP contribution in [0.5, 0.6) is 23.0 Å². The fraction of sp³-hybridized carbons (Fsp3) is 0.278. The summed E-state index contributed by atoms with van der Waals surface area (Å²) in [7, 11) is 4.38. The molecule has 6 nitrogen and oxygen atoms in total. The van der Waals surface area contributed by atoms with Gasteiger partial charge in [-0.3, -0.25) is 0 Å². The lowest BCUT2D eigenvalue weighted by molar-refractivity contribution is 0.0447. The summed E-state index contributed by atoms with van der Waals surface area (Å²) in [4.78, 5) is 12.2. The Labute approximate surface area is 145 Å². The lowest BCUT2D eigenvalue weighted by Gasteiger charge is -2.14. The molecule has 0 aliphatic heterocycles. The van der Waals surface area contributed by atoms with Crippen molar-refractivity contribution in [3.8, 4) is 23.0 Å². The third-order valence-electron chi connectivity index (χ3n) is 3.31. The highest BCUT2D eigenvalue weighted by Crippen LogP contribution is 2.38. The molecule has 0 aliphatic rings. The van der Waals surface area contributed by atoms with Gasteiger partial charge in [0.05, 0.1) is 26.9 Å². The largest absolute Gasteiger partial charge is 0.493 e. The molecule has 0 unspecified atom stereocenters. The van der Waals surface area contributed by atoms with E-state index in [1.54, 1.807) is 12.1 Å². The quantitative estimate of drug-likeness (QED) is 0.539. The average molecular weight is 350 g/mol. The molecule has 0 heterocycles. The van der Waals surface area contributed by atoms with Crippen molar-refractivity contribution >= 4 is 5.97 Å². The molecule has 0 spiro atoms. The number of methoxy groups -OCH3 is 3. The Morgan fingerprint density at radius 3 is 2.12 bits per heavy atom. The smallest absolute Gasteiger partial charge is 0.338 e. The second-order valence-electron chi connectivity index (χ2n) is 4.83. The van der Waals surface area contributed by atoms with Gasteiger partial charge in [-0.2, -0.15) is 0 Å². The van der Waals surface area contributed by atoms with Gasteiger partial charge in [0.25, 0.3) is 0 Å². The number of carbonyl (C=O) groups excluding carboxylic acids is 1. The molecule has 0 aromatic heterocycles.